The highest BCUT2D eigenvalue weighted by molar-refractivity contribution is 5.94. The molecule has 0 saturated carbocycles. The van der Waals surface area contributed by atoms with E-state index in [4.69, 9.17) is 9.15 Å². The van der Waals surface area contributed by atoms with Gasteiger partial charge in [0.25, 0.3) is 11.8 Å². The average molecular weight is 413 g/mol. The molecule has 1 aliphatic heterocycles. The van der Waals surface area contributed by atoms with Gasteiger partial charge in [0.2, 0.25) is 0 Å². The second-order valence-electron chi connectivity index (χ2n) is 7.08. The normalized spacial score (nSPS) is 13.3. The van der Waals surface area contributed by atoms with Gasteiger partial charge in [-0.1, -0.05) is 5.21 Å². The average Bonchev–Trinajstić information content (AvgIpc) is 3.47. The van der Waals surface area contributed by atoms with Crippen LogP contribution in [-0.4, -0.2) is 62.1 Å². The maximum atomic E-state index is 12.7. The van der Waals surface area contributed by atoms with Crippen molar-refractivity contribution in [2.45, 2.75) is 33.0 Å². The maximum absolute atomic E-state index is 12.7. The third-order valence-electron chi connectivity index (χ3n) is 4.87. The van der Waals surface area contributed by atoms with Crippen LogP contribution in [0.25, 0.3) is 0 Å². The number of furan rings is 1. The van der Waals surface area contributed by atoms with Gasteiger partial charge in [0, 0.05) is 32.0 Å². The lowest BCUT2D eigenvalue weighted by Crippen LogP contribution is -2.36. The van der Waals surface area contributed by atoms with Crippen LogP contribution in [0.15, 0.2) is 22.7 Å². The highest BCUT2D eigenvalue weighted by Gasteiger charge is 2.29. The lowest BCUT2D eigenvalue weighted by atomic mass is 10.0. The molecule has 4 rings (SSSR count). The van der Waals surface area contributed by atoms with Crippen LogP contribution in [0.1, 0.15) is 43.8 Å². The number of aryl methyl sites for hydroxylation is 1. The van der Waals surface area contributed by atoms with E-state index in [-0.39, 0.29) is 17.6 Å². The van der Waals surface area contributed by atoms with E-state index in [1.54, 1.807) is 28.8 Å². The number of hydrogen-bond donors (Lipinski definition) is 2. The molecule has 2 amide bonds. The summed E-state index contributed by atoms with van der Waals surface area (Å²) >= 11 is 0. The topological polar surface area (TPSA) is 131 Å². The first-order chi connectivity index (χ1) is 14.5. The van der Waals surface area contributed by atoms with Crippen LogP contribution in [0, 0.1) is 6.92 Å². The molecule has 4 heterocycles. The third kappa shape index (κ3) is 4.10. The molecule has 158 valence electrons. The molecule has 3 aromatic heterocycles. The largest absolute Gasteiger partial charge is 0.453 e. The summed E-state index contributed by atoms with van der Waals surface area (Å²) in [6, 6.07) is 3.38. The number of rotatable bonds is 7. The highest BCUT2D eigenvalue weighted by atomic mass is 16.5. The van der Waals surface area contributed by atoms with Crippen molar-refractivity contribution in [3.63, 3.8) is 0 Å². The number of methoxy groups -OCH3 is 1. The zero-order valence-corrected chi connectivity index (χ0v) is 16.8. The Morgan fingerprint density at radius 1 is 1.37 bits per heavy atom. The van der Waals surface area contributed by atoms with Crippen molar-refractivity contribution < 1.29 is 18.7 Å². The monoisotopic (exact) mass is 413 g/mol. The molecule has 0 unspecified atom stereocenters. The fourth-order valence-electron chi connectivity index (χ4n) is 3.42. The van der Waals surface area contributed by atoms with E-state index in [1.807, 2.05) is 13.1 Å². The number of amides is 2. The van der Waals surface area contributed by atoms with Gasteiger partial charge in [0.1, 0.15) is 12.4 Å². The lowest BCUT2D eigenvalue weighted by molar-refractivity contribution is 0.0692. The second-order valence-corrected chi connectivity index (χ2v) is 7.08. The van der Waals surface area contributed by atoms with Gasteiger partial charge >= 0.3 is 0 Å². The minimum Gasteiger partial charge on any atom is -0.453 e. The number of aromatic nitrogens is 5. The number of aromatic amines is 1. The fourth-order valence-corrected chi connectivity index (χ4v) is 3.42. The van der Waals surface area contributed by atoms with Crippen LogP contribution in [0.2, 0.25) is 0 Å². The summed E-state index contributed by atoms with van der Waals surface area (Å²) in [6.07, 6.45) is 2.35. The maximum Gasteiger partial charge on any atom is 0.289 e. The molecule has 2 N–H and O–H groups in total. The first-order valence-electron chi connectivity index (χ1n) is 9.63. The van der Waals surface area contributed by atoms with Crippen molar-refractivity contribution in [3.05, 3.63) is 52.5 Å². The van der Waals surface area contributed by atoms with E-state index >= 15 is 0 Å². The molecular formula is C19H23N7O4. The summed E-state index contributed by atoms with van der Waals surface area (Å²) < 4.78 is 12.2. The van der Waals surface area contributed by atoms with Crippen molar-refractivity contribution in [2.24, 2.45) is 0 Å². The van der Waals surface area contributed by atoms with Gasteiger partial charge in [-0.3, -0.25) is 19.4 Å². The van der Waals surface area contributed by atoms with Crippen LogP contribution >= 0.6 is 0 Å². The van der Waals surface area contributed by atoms with Crippen molar-refractivity contribution in [1.29, 1.82) is 0 Å². The van der Waals surface area contributed by atoms with E-state index in [2.05, 4.69) is 25.8 Å². The Labute approximate surface area is 172 Å². The van der Waals surface area contributed by atoms with Crippen molar-refractivity contribution in [1.82, 2.24) is 35.4 Å². The Balaban J connectivity index is 1.36. The lowest BCUT2D eigenvalue weighted by Gasteiger charge is -2.26. The van der Waals surface area contributed by atoms with Gasteiger partial charge in [0.05, 0.1) is 24.5 Å². The Hall–Kier alpha value is -3.47. The van der Waals surface area contributed by atoms with Crippen LogP contribution in [-0.2, 0) is 30.9 Å². The summed E-state index contributed by atoms with van der Waals surface area (Å²) in [4.78, 5) is 26.9. The fraction of sp³-hybridized carbons (Fsp3) is 0.421. The molecule has 3 aromatic rings. The Kier molecular flexibility index (Phi) is 5.61. The van der Waals surface area contributed by atoms with Crippen molar-refractivity contribution in [3.8, 4) is 0 Å². The third-order valence-corrected chi connectivity index (χ3v) is 4.87. The van der Waals surface area contributed by atoms with Crippen LogP contribution < -0.4 is 5.32 Å². The van der Waals surface area contributed by atoms with E-state index in [0.29, 0.717) is 50.7 Å². The molecule has 0 fully saturated rings. The first-order valence-corrected chi connectivity index (χ1v) is 9.63. The summed E-state index contributed by atoms with van der Waals surface area (Å²) in [5.74, 6) is 0.414. The van der Waals surface area contributed by atoms with Crippen molar-refractivity contribution in [2.75, 3.05) is 20.2 Å². The number of ether oxygens (including phenoxy) is 1. The molecule has 0 bridgehead atoms. The minimum absolute atomic E-state index is 0.202. The zero-order valence-electron chi connectivity index (χ0n) is 16.8. The predicted molar refractivity (Wildman–Crippen MR) is 104 cm³/mol. The molecule has 30 heavy (non-hydrogen) atoms. The van der Waals surface area contributed by atoms with Gasteiger partial charge in [-0.15, -0.1) is 5.10 Å². The number of nitrogens with one attached hydrogen (secondary N) is 2. The number of carbonyl (C=O) groups is 2. The standard InChI is InChI=1S/C19H23N7O4/c1-12-9-26(24-21-12)8-6-20-18(27)17-14-5-7-25(10-15(14)22-23-17)19(28)16-4-3-13(30-16)11-29-2/h3-4,9H,5-8,10-11H2,1-2H3,(H,20,27)(H,22,23). The Morgan fingerprint density at radius 3 is 3.00 bits per heavy atom. The Bertz CT molecular complexity index is 1050. The number of nitrogens with zero attached hydrogens (tertiary/aromatic N) is 5. The SMILES string of the molecule is COCc1ccc(C(=O)N2CCc3c(C(=O)NCCn4cc(C)nn4)n[nH]c3C2)o1. The molecule has 0 aromatic carbocycles. The van der Waals surface area contributed by atoms with Crippen LogP contribution in [0.5, 0.6) is 0 Å². The zero-order chi connectivity index (χ0) is 21.1. The predicted octanol–water partition coefficient (Wildman–Crippen LogP) is 0.678. The summed E-state index contributed by atoms with van der Waals surface area (Å²) in [5.41, 5.74) is 2.79. The molecule has 0 atom stereocenters. The van der Waals surface area contributed by atoms with E-state index in [0.717, 1.165) is 17.0 Å². The molecule has 0 spiro atoms. The van der Waals surface area contributed by atoms with Gasteiger partial charge < -0.3 is 19.4 Å². The Morgan fingerprint density at radius 2 is 2.23 bits per heavy atom. The molecule has 11 heteroatoms. The highest BCUT2D eigenvalue weighted by Crippen LogP contribution is 2.22. The van der Waals surface area contributed by atoms with Crippen LogP contribution in [0.3, 0.4) is 0 Å². The summed E-state index contributed by atoms with van der Waals surface area (Å²) in [6.45, 7) is 3.92. The molecule has 0 saturated heterocycles. The van der Waals surface area contributed by atoms with Crippen LogP contribution in [0.4, 0.5) is 0 Å². The summed E-state index contributed by atoms with van der Waals surface area (Å²) in [7, 11) is 1.57. The number of fused-ring (bicyclic) bond motifs is 1. The van der Waals surface area contributed by atoms with E-state index in [1.165, 1.54) is 0 Å². The molecule has 0 aliphatic carbocycles. The number of H-pyrrole nitrogens is 1. The smallest absolute Gasteiger partial charge is 0.289 e. The van der Waals surface area contributed by atoms with Crippen molar-refractivity contribution >= 4 is 11.8 Å². The molecule has 11 nitrogen and oxygen atoms in total. The van der Waals surface area contributed by atoms with E-state index in [9.17, 15) is 9.59 Å². The first kappa shape index (κ1) is 19.8. The molecular weight excluding hydrogens is 390 g/mol. The molecule has 0 radical (unpaired) electrons. The number of hydrogen-bond acceptors (Lipinski definition) is 7. The summed E-state index contributed by atoms with van der Waals surface area (Å²) in [5, 5.41) is 17.8. The second kappa shape index (κ2) is 8.49. The van der Waals surface area contributed by atoms with Gasteiger partial charge in [0.15, 0.2) is 11.5 Å². The molecule has 1 aliphatic rings. The van der Waals surface area contributed by atoms with E-state index < -0.39 is 0 Å². The number of carbonyl (C=O) groups excluding carboxylic acids is 2. The van der Waals surface area contributed by atoms with Gasteiger partial charge in [-0.25, -0.2) is 0 Å². The quantitative estimate of drug-likeness (QED) is 0.582. The van der Waals surface area contributed by atoms with Gasteiger partial charge in [-0.05, 0) is 25.5 Å². The van der Waals surface area contributed by atoms with Gasteiger partial charge in [-0.2, -0.15) is 5.10 Å². The minimum atomic E-state index is -0.251.